The molecule has 1 rings (SSSR count). The number of nitrogens with zero attached hydrogens (tertiary/aromatic N) is 1. The van der Waals surface area contributed by atoms with Crippen molar-refractivity contribution >= 4 is 12.1 Å². The molecule has 0 heterocycles. The first-order valence-corrected chi connectivity index (χ1v) is 9.44. The van der Waals surface area contributed by atoms with Gasteiger partial charge in [0.25, 0.3) is 0 Å². The Balaban J connectivity index is 2.00. The number of benzene rings is 1. The fourth-order valence-electron chi connectivity index (χ4n) is 2.20. The van der Waals surface area contributed by atoms with Gasteiger partial charge in [0, 0.05) is 33.3 Å². The standard InChI is InChI=1S/C20H34N4O3/c1-20(2,3)27-19(25)24-14-13-23-18(21-4)22-12-8-15-26-16-11-17-9-6-5-7-10-17/h5-7,9-10H,8,11-16H2,1-4H3,(H,24,25)(H2,21,22,23). The molecule has 0 spiro atoms. The first kappa shape index (κ1) is 22.8. The zero-order valence-corrected chi connectivity index (χ0v) is 17.0. The van der Waals surface area contributed by atoms with Crippen molar-refractivity contribution in [2.24, 2.45) is 4.99 Å². The number of nitrogens with one attached hydrogen (secondary N) is 3. The molecular weight excluding hydrogens is 344 g/mol. The van der Waals surface area contributed by atoms with Crippen LogP contribution in [0.1, 0.15) is 32.8 Å². The zero-order chi connectivity index (χ0) is 20.0. The van der Waals surface area contributed by atoms with E-state index in [-0.39, 0.29) is 0 Å². The average Bonchev–Trinajstić information content (AvgIpc) is 2.62. The van der Waals surface area contributed by atoms with Crippen molar-refractivity contribution in [2.45, 2.75) is 39.2 Å². The topological polar surface area (TPSA) is 84.0 Å². The highest BCUT2D eigenvalue weighted by atomic mass is 16.6. The molecule has 0 aliphatic carbocycles. The number of carbonyl (C=O) groups is 1. The van der Waals surface area contributed by atoms with E-state index in [9.17, 15) is 4.79 Å². The Morgan fingerprint density at radius 1 is 1.00 bits per heavy atom. The third-order valence-electron chi connectivity index (χ3n) is 3.45. The molecule has 7 heteroatoms. The van der Waals surface area contributed by atoms with Gasteiger partial charge in [-0.25, -0.2) is 4.79 Å². The van der Waals surface area contributed by atoms with E-state index in [1.54, 1.807) is 7.05 Å². The molecule has 0 atom stereocenters. The Kier molecular flexibility index (Phi) is 10.9. The summed E-state index contributed by atoms with van der Waals surface area (Å²) in [5.41, 5.74) is 0.804. The Bertz CT molecular complexity index is 556. The molecule has 3 N–H and O–H groups in total. The number of rotatable bonds is 10. The maximum atomic E-state index is 11.5. The van der Waals surface area contributed by atoms with Gasteiger partial charge in [0.2, 0.25) is 0 Å². The first-order chi connectivity index (χ1) is 12.9. The van der Waals surface area contributed by atoms with Crippen molar-refractivity contribution in [1.82, 2.24) is 16.0 Å². The molecule has 0 saturated carbocycles. The summed E-state index contributed by atoms with van der Waals surface area (Å²) in [6, 6.07) is 10.3. The molecule has 1 aromatic rings. The number of amides is 1. The van der Waals surface area contributed by atoms with Crippen LogP contribution < -0.4 is 16.0 Å². The van der Waals surface area contributed by atoms with Crippen molar-refractivity contribution in [2.75, 3.05) is 39.9 Å². The van der Waals surface area contributed by atoms with Gasteiger partial charge in [0.05, 0.1) is 6.61 Å². The second kappa shape index (κ2) is 13.0. The first-order valence-electron chi connectivity index (χ1n) is 9.44. The summed E-state index contributed by atoms with van der Waals surface area (Å²) in [5, 5.41) is 9.05. The van der Waals surface area contributed by atoms with Crippen LogP contribution >= 0.6 is 0 Å². The van der Waals surface area contributed by atoms with Crippen molar-refractivity contribution < 1.29 is 14.3 Å². The molecule has 0 saturated heterocycles. The van der Waals surface area contributed by atoms with Crippen molar-refractivity contribution in [1.29, 1.82) is 0 Å². The molecule has 7 nitrogen and oxygen atoms in total. The molecule has 1 aromatic carbocycles. The van der Waals surface area contributed by atoms with E-state index < -0.39 is 11.7 Å². The van der Waals surface area contributed by atoms with Crippen LogP contribution in [0.3, 0.4) is 0 Å². The molecular formula is C20H34N4O3. The third-order valence-corrected chi connectivity index (χ3v) is 3.45. The number of hydrogen-bond donors (Lipinski definition) is 3. The van der Waals surface area contributed by atoms with Crippen LogP contribution in [0.5, 0.6) is 0 Å². The number of aliphatic imine (C=N–C) groups is 1. The molecule has 1 amide bonds. The third kappa shape index (κ3) is 12.7. The molecule has 0 aliphatic heterocycles. The van der Waals surface area contributed by atoms with Crippen LogP contribution in [0, 0.1) is 0 Å². The number of guanidine groups is 1. The lowest BCUT2D eigenvalue weighted by atomic mass is 10.2. The van der Waals surface area contributed by atoms with E-state index in [0.29, 0.717) is 25.7 Å². The Morgan fingerprint density at radius 2 is 1.67 bits per heavy atom. The van der Waals surface area contributed by atoms with Gasteiger partial charge in [-0.3, -0.25) is 4.99 Å². The van der Waals surface area contributed by atoms with E-state index in [2.05, 4.69) is 33.1 Å². The molecule has 27 heavy (non-hydrogen) atoms. The summed E-state index contributed by atoms with van der Waals surface area (Å²) < 4.78 is 10.8. The lowest BCUT2D eigenvalue weighted by Crippen LogP contribution is -2.42. The summed E-state index contributed by atoms with van der Waals surface area (Å²) in [6.45, 7) is 8.73. The SMILES string of the molecule is CN=C(NCCCOCCc1ccccc1)NCCNC(=O)OC(C)(C)C. The van der Waals surface area contributed by atoms with Crippen molar-refractivity contribution in [3.05, 3.63) is 35.9 Å². The van der Waals surface area contributed by atoms with E-state index in [4.69, 9.17) is 9.47 Å². The molecule has 0 fully saturated rings. The predicted octanol–water partition coefficient (Wildman–Crippen LogP) is 2.33. The smallest absolute Gasteiger partial charge is 0.407 e. The van der Waals surface area contributed by atoms with Crippen LogP contribution in [-0.2, 0) is 15.9 Å². The highest BCUT2D eigenvalue weighted by Gasteiger charge is 2.15. The summed E-state index contributed by atoms with van der Waals surface area (Å²) in [7, 11) is 1.72. The molecule has 152 valence electrons. The van der Waals surface area contributed by atoms with Crippen LogP contribution in [-0.4, -0.2) is 57.5 Å². The van der Waals surface area contributed by atoms with Gasteiger partial charge in [0.15, 0.2) is 5.96 Å². The molecule has 0 unspecified atom stereocenters. The van der Waals surface area contributed by atoms with Crippen LogP contribution in [0.25, 0.3) is 0 Å². The molecule has 0 radical (unpaired) electrons. The van der Waals surface area contributed by atoms with Gasteiger partial charge in [-0.05, 0) is 39.2 Å². The van der Waals surface area contributed by atoms with Gasteiger partial charge >= 0.3 is 6.09 Å². The highest BCUT2D eigenvalue weighted by Crippen LogP contribution is 2.06. The van der Waals surface area contributed by atoms with Crippen molar-refractivity contribution in [3.8, 4) is 0 Å². The number of carbonyl (C=O) groups excluding carboxylic acids is 1. The van der Waals surface area contributed by atoms with E-state index in [1.165, 1.54) is 5.56 Å². The average molecular weight is 379 g/mol. The van der Waals surface area contributed by atoms with Gasteiger partial charge in [-0.15, -0.1) is 0 Å². The monoisotopic (exact) mass is 378 g/mol. The van der Waals surface area contributed by atoms with E-state index in [0.717, 1.165) is 26.0 Å². The van der Waals surface area contributed by atoms with Crippen LogP contribution in [0.2, 0.25) is 0 Å². The van der Waals surface area contributed by atoms with Gasteiger partial charge < -0.3 is 25.4 Å². The predicted molar refractivity (Wildman–Crippen MR) is 109 cm³/mol. The van der Waals surface area contributed by atoms with Gasteiger partial charge in [0.1, 0.15) is 5.60 Å². The van der Waals surface area contributed by atoms with E-state index >= 15 is 0 Å². The zero-order valence-electron chi connectivity index (χ0n) is 17.0. The largest absolute Gasteiger partial charge is 0.444 e. The van der Waals surface area contributed by atoms with Crippen LogP contribution in [0.4, 0.5) is 4.79 Å². The fourth-order valence-corrected chi connectivity index (χ4v) is 2.20. The Morgan fingerprint density at radius 3 is 2.33 bits per heavy atom. The minimum absolute atomic E-state index is 0.417. The molecule has 0 bridgehead atoms. The Labute approximate surface area is 162 Å². The second-order valence-electron chi connectivity index (χ2n) is 7.06. The summed E-state index contributed by atoms with van der Waals surface area (Å²) in [4.78, 5) is 15.7. The minimum Gasteiger partial charge on any atom is -0.444 e. The fraction of sp³-hybridized carbons (Fsp3) is 0.600. The lowest BCUT2D eigenvalue weighted by molar-refractivity contribution is 0.0529. The second-order valence-corrected chi connectivity index (χ2v) is 7.06. The number of ether oxygens (including phenoxy) is 2. The normalized spacial score (nSPS) is 11.8. The van der Waals surface area contributed by atoms with E-state index in [1.807, 2.05) is 39.0 Å². The molecule has 0 aromatic heterocycles. The van der Waals surface area contributed by atoms with Gasteiger partial charge in [-0.1, -0.05) is 30.3 Å². The maximum absolute atomic E-state index is 11.5. The van der Waals surface area contributed by atoms with Crippen LogP contribution in [0.15, 0.2) is 35.3 Å². The lowest BCUT2D eigenvalue weighted by Gasteiger charge is -2.19. The number of hydrogen-bond acceptors (Lipinski definition) is 4. The highest BCUT2D eigenvalue weighted by molar-refractivity contribution is 5.79. The summed E-state index contributed by atoms with van der Waals surface area (Å²) >= 11 is 0. The van der Waals surface area contributed by atoms with Crippen molar-refractivity contribution in [3.63, 3.8) is 0 Å². The number of alkyl carbamates (subject to hydrolysis) is 1. The quantitative estimate of drug-likeness (QED) is 0.331. The van der Waals surface area contributed by atoms with Gasteiger partial charge in [-0.2, -0.15) is 0 Å². The Hall–Kier alpha value is -2.28. The molecule has 0 aliphatic rings. The minimum atomic E-state index is -0.488. The maximum Gasteiger partial charge on any atom is 0.407 e. The summed E-state index contributed by atoms with van der Waals surface area (Å²) in [5.74, 6) is 0.699. The summed E-state index contributed by atoms with van der Waals surface area (Å²) in [6.07, 6.45) is 1.41.